The van der Waals surface area contributed by atoms with Gasteiger partial charge in [-0.15, -0.1) is 0 Å². The summed E-state index contributed by atoms with van der Waals surface area (Å²) in [5.41, 5.74) is 7.11. The number of fused-ring (bicyclic) bond motifs is 7. The quantitative estimate of drug-likeness (QED) is 0.255. The Morgan fingerprint density at radius 3 is 2.16 bits per heavy atom. The van der Waals surface area contributed by atoms with Crippen LogP contribution in [0.3, 0.4) is 0 Å². The van der Waals surface area contributed by atoms with Crippen molar-refractivity contribution in [1.82, 2.24) is 9.55 Å². The first-order valence-electron chi connectivity index (χ1n) is 15.1. The average molecular weight is 490 g/mol. The average Bonchev–Trinajstić information content (AvgIpc) is 3.59. The van der Waals surface area contributed by atoms with Gasteiger partial charge in [0.2, 0.25) is 0 Å². The maximum absolute atomic E-state index is 9.00. The van der Waals surface area contributed by atoms with Crippen LogP contribution in [0.1, 0.15) is 6.85 Å². The predicted molar refractivity (Wildman–Crippen MR) is 161 cm³/mol. The zero-order valence-electron chi connectivity index (χ0n) is 25.3. The largest absolute Gasteiger partial charge is 0.353 e. The third-order valence-electron chi connectivity index (χ3n) is 7.43. The van der Waals surface area contributed by atoms with Crippen LogP contribution in [-0.4, -0.2) is 9.55 Å². The van der Waals surface area contributed by atoms with E-state index < -0.39 is 6.04 Å². The molecule has 178 valence electrons. The van der Waals surface area contributed by atoms with E-state index in [2.05, 4.69) is 45.9 Å². The molecule has 8 aromatic rings. The van der Waals surface area contributed by atoms with Crippen molar-refractivity contribution in [2.45, 2.75) is 0 Å². The summed E-state index contributed by atoms with van der Waals surface area (Å²) in [7, 11) is 0. The first-order chi connectivity index (χ1) is 21.0. The Bertz CT molecular complexity index is 2370. The highest BCUT2D eigenvalue weighted by Gasteiger charge is 2.21. The molecule has 0 spiro atoms. The Labute approximate surface area is 227 Å². The Morgan fingerprint density at radius 1 is 0.553 bits per heavy atom. The molecule has 2 nitrogen and oxygen atoms in total. The molecule has 0 aliphatic heterocycles. The third-order valence-corrected chi connectivity index (χ3v) is 7.43. The van der Waals surface area contributed by atoms with Crippen LogP contribution in [-0.2, 0) is 0 Å². The lowest BCUT2D eigenvalue weighted by atomic mass is 9.93. The molecular weight excluding hydrogens is 460 g/mol. The van der Waals surface area contributed by atoms with Gasteiger partial charge in [-0.3, -0.25) is 0 Å². The van der Waals surface area contributed by atoms with Gasteiger partial charge >= 0.3 is 0 Å². The third kappa shape index (κ3) is 3.01. The van der Waals surface area contributed by atoms with Crippen molar-refractivity contribution < 1.29 is 6.85 Å². The highest BCUT2D eigenvalue weighted by atomic mass is 15.0. The van der Waals surface area contributed by atoms with Gasteiger partial charge in [0.05, 0.1) is 29.1 Å². The monoisotopic (exact) mass is 489 g/mol. The Hall–Kier alpha value is -5.08. The van der Waals surface area contributed by atoms with Crippen LogP contribution < -0.4 is 0 Å². The molecule has 38 heavy (non-hydrogen) atoms. The molecule has 6 aromatic carbocycles. The zero-order chi connectivity index (χ0) is 29.4. The van der Waals surface area contributed by atoms with Crippen LogP contribution in [0.2, 0.25) is 0 Å². The molecule has 1 N–H and O–H groups in total. The minimum Gasteiger partial charge on any atom is -0.353 e. The lowest BCUT2D eigenvalue weighted by molar-refractivity contribution is 1.18. The molecule has 0 saturated carbocycles. The highest BCUT2D eigenvalue weighted by Crippen LogP contribution is 2.43. The van der Waals surface area contributed by atoms with E-state index in [4.69, 9.17) is 6.85 Å². The van der Waals surface area contributed by atoms with E-state index in [1.807, 2.05) is 72.8 Å². The van der Waals surface area contributed by atoms with Crippen LogP contribution >= 0.6 is 0 Å². The molecule has 0 saturated heterocycles. The fourth-order valence-corrected chi connectivity index (χ4v) is 5.84. The van der Waals surface area contributed by atoms with Gasteiger partial charge in [-0.25, -0.2) is 0 Å². The fraction of sp³-hybridized carbons (Fsp3) is 0. The van der Waals surface area contributed by atoms with Crippen molar-refractivity contribution in [3.05, 3.63) is 139 Å². The van der Waals surface area contributed by atoms with E-state index in [1.54, 1.807) is 0 Å². The molecule has 0 aliphatic rings. The number of H-pyrrole nitrogens is 1. The Kier molecular flexibility index (Phi) is 3.60. The number of nitrogens with zero attached hydrogens (tertiary/aromatic N) is 1. The van der Waals surface area contributed by atoms with Crippen molar-refractivity contribution in [1.29, 1.82) is 0 Å². The summed E-state index contributed by atoms with van der Waals surface area (Å²) in [6.07, 6.45) is 0. The van der Waals surface area contributed by atoms with E-state index >= 15 is 0 Å². The van der Waals surface area contributed by atoms with Crippen LogP contribution in [0.5, 0.6) is 0 Å². The summed E-state index contributed by atoms with van der Waals surface area (Å²) in [6, 6.07) is 34.9. The second kappa shape index (κ2) is 8.22. The summed E-state index contributed by atoms with van der Waals surface area (Å²) < 4.78 is 45.5. The number of hydrogen-bond acceptors (Lipinski definition) is 0. The number of para-hydroxylation sites is 2. The second-order valence-corrected chi connectivity index (χ2v) is 9.47. The van der Waals surface area contributed by atoms with Gasteiger partial charge < -0.3 is 9.55 Å². The number of nitrogens with one attached hydrogen (secondary N) is 1. The lowest BCUT2D eigenvalue weighted by Crippen LogP contribution is -1.99. The number of hydrogen-bond donors (Lipinski definition) is 1. The van der Waals surface area contributed by atoms with Crippen LogP contribution in [0.15, 0.2) is 139 Å². The number of rotatable bonds is 3. The Balaban J connectivity index is 1.61. The molecule has 2 heterocycles. The normalized spacial score (nSPS) is 13.5. The number of benzene rings is 6. The van der Waals surface area contributed by atoms with Crippen LogP contribution in [0.4, 0.5) is 0 Å². The van der Waals surface area contributed by atoms with E-state index in [0.29, 0.717) is 5.56 Å². The number of aromatic nitrogens is 2. The second-order valence-electron chi connectivity index (χ2n) is 9.47. The fourth-order valence-electron chi connectivity index (χ4n) is 5.84. The molecule has 2 heteroatoms. The molecule has 0 aliphatic carbocycles. The van der Waals surface area contributed by atoms with Crippen LogP contribution in [0.25, 0.3) is 71.6 Å². The highest BCUT2D eigenvalue weighted by molar-refractivity contribution is 6.23. The molecule has 0 amide bonds. The molecule has 0 fully saturated rings. The summed E-state index contributed by atoms with van der Waals surface area (Å²) in [6.45, 7) is 0. The van der Waals surface area contributed by atoms with Gasteiger partial charge in [-0.1, -0.05) is 121 Å². The smallest absolute Gasteiger partial charge is 0.0783 e. The van der Waals surface area contributed by atoms with Gasteiger partial charge in [-0.05, 0) is 34.9 Å². The number of aromatic amines is 1. The van der Waals surface area contributed by atoms with Crippen LogP contribution in [0, 0.1) is 0 Å². The topological polar surface area (TPSA) is 20.7 Å². The van der Waals surface area contributed by atoms with Crippen molar-refractivity contribution in [2.75, 3.05) is 0 Å². The molecule has 0 unspecified atom stereocenters. The summed E-state index contributed by atoms with van der Waals surface area (Å²) in [5.74, 6) is 0. The van der Waals surface area contributed by atoms with Crippen molar-refractivity contribution in [3.63, 3.8) is 0 Å². The Morgan fingerprint density at radius 2 is 1.29 bits per heavy atom. The first-order valence-corrected chi connectivity index (χ1v) is 12.6. The standard InChI is InChI=1S/C36H24N2/c1-3-12-24(13-4-1)26-18-11-21-33(34(26)25-14-5-2-6-15-25)38-32-20-10-8-17-28(32)30-23-22-29-27-16-7-9-19-31(27)37-35(29)36(30)38/h1-23,37H/i2D,5D,6D,14D,15D. The van der Waals surface area contributed by atoms with Gasteiger partial charge in [-0.2, -0.15) is 0 Å². The van der Waals surface area contributed by atoms with E-state index in [0.717, 1.165) is 60.4 Å². The lowest BCUT2D eigenvalue weighted by Gasteiger charge is -2.18. The first kappa shape index (κ1) is 16.6. The van der Waals surface area contributed by atoms with Gasteiger partial charge in [0.25, 0.3) is 0 Å². The van der Waals surface area contributed by atoms with E-state index in [1.165, 1.54) is 0 Å². The summed E-state index contributed by atoms with van der Waals surface area (Å²) in [5, 5.41) is 4.35. The maximum Gasteiger partial charge on any atom is 0.0783 e. The minimum absolute atomic E-state index is 0.176. The van der Waals surface area contributed by atoms with Crippen molar-refractivity contribution in [3.8, 4) is 27.9 Å². The van der Waals surface area contributed by atoms with Gasteiger partial charge in [0.15, 0.2) is 0 Å². The zero-order valence-corrected chi connectivity index (χ0v) is 20.3. The molecule has 0 atom stereocenters. The van der Waals surface area contributed by atoms with E-state index in [9.17, 15) is 0 Å². The van der Waals surface area contributed by atoms with Gasteiger partial charge in [0, 0.05) is 32.6 Å². The van der Waals surface area contributed by atoms with Crippen molar-refractivity contribution >= 4 is 43.6 Å². The summed E-state index contributed by atoms with van der Waals surface area (Å²) >= 11 is 0. The molecule has 8 rings (SSSR count). The SMILES string of the molecule is [2H]c1c([2H])c([2H])c(-c2c(-c3ccccc3)cccc2-n2c3ccccc3c3ccc4c5ccccc5[nH]c4c32)c([2H])c1[2H]. The van der Waals surface area contributed by atoms with E-state index in [-0.39, 0.29) is 29.7 Å². The molecule has 0 radical (unpaired) electrons. The molecule has 0 bridgehead atoms. The summed E-state index contributed by atoms with van der Waals surface area (Å²) in [4.78, 5) is 3.67. The molecule has 2 aromatic heterocycles. The van der Waals surface area contributed by atoms with Crippen molar-refractivity contribution in [2.24, 2.45) is 0 Å². The minimum atomic E-state index is -0.408. The molecular formula is C36H24N2. The van der Waals surface area contributed by atoms with Gasteiger partial charge in [0.1, 0.15) is 0 Å². The predicted octanol–water partition coefficient (Wildman–Crippen LogP) is 9.75. The maximum atomic E-state index is 9.00.